The van der Waals surface area contributed by atoms with Gasteiger partial charge in [0.25, 0.3) is 0 Å². The molecule has 4 heteroatoms. The second-order valence-corrected chi connectivity index (χ2v) is 5.95. The van der Waals surface area contributed by atoms with E-state index < -0.39 is 0 Å². The zero-order chi connectivity index (χ0) is 17.0. The summed E-state index contributed by atoms with van der Waals surface area (Å²) >= 11 is 0. The van der Waals surface area contributed by atoms with Gasteiger partial charge >= 0.3 is 0 Å². The second kappa shape index (κ2) is 7.49. The maximum absolute atomic E-state index is 6.16. The Morgan fingerprint density at radius 3 is 1.30 bits per heavy atom. The first kappa shape index (κ1) is 17.3. The molecule has 0 atom stereocenters. The quantitative estimate of drug-likeness (QED) is 0.615. The third-order valence-corrected chi connectivity index (χ3v) is 4.43. The normalized spacial score (nSPS) is 11.0. The highest BCUT2D eigenvalue weighted by Gasteiger charge is 2.10. The molecule has 0 saturated heterocycles. The van der Waals surface area contributed by atoms with Crippen molar-refractivity contribution in [3.05, 3.63) is 57.6 Å². The lowest BCUT2D eigenvalue weighted by atomic mass is 9.94. The van der Waals surface area contributed by atoms with Crippen molar-refractivity contribution in [2.24, 2.45) is 11.5 Å². The molecular weight excluding hydrogens is 284 g/mol. The maximum Gasteiger partial charge on any atom is 0.0392 e. The molecule has 8 N–H and O–H groups in total. The van der Waals surface area contributed by atoms with Crippen LogP contribution in [0.2, 0.25) is 0 Å². The molecule has 4 nitrogen and oxygen atoms in total. The van der Waals surface area contributed by atoms with Crippen LogP contribution in [-0.4, -0.2) is 0 Å². The van der Waals surface area contributed by atoms with Gasteiger partial charge in [-0.25, -0.2) is 0 Å². The van der Waals surface area contributed by atoms with E-state index in [1.54, 1.807) is 0 Å². The standard InChI is InChI=1S/C19H28N4/c1-3-14-6-12(8-16(10-20)18(14)22)5-13-7-15(4-2)19(23)17(9-13)11-21/h6-9H,3-5,10-11,20-23H2,1-2H3. The lowest BCUT2D eigenvalue weighted by Crippen LogP contribution is -2.08. The Kier molecular flexibility index (Phi) is 5.64. The van der Waals surface area contributed by atoms with Gasteiger partial charge in [-0.15, -0.1) is 0 Å². The van der Waals surface area contributed by atoms with Crippen molar-refractivity contribution in [3.8, 4) is 0 Å². The summed E-state index contributed by atoms with van der Waals surface area (Å²) in [7, 11) is 0. The van der Waals surface area contributed by atoms with E-state index in [9.17, 15) is 0 Å². The summed E-state index contributed by atoms with van der Waals surface area (Å²) in [5.41, 5.74) is 32.5. The molecule has 2 aromatic rings. The molecule has 2 rings (SSSR count). The van der Waals surface area contributed by atoms with Crippen molar-refractivity contribution < 1.29 is 0 Å². The molecule has 0 aliphatic carbocycles. The van der Waals surface area contributed by atoms with E-state index in [1.807, 2.05) is 0 Å². The van der Waals surface area contributed by atoms with Gasteiger partial charge in [-0.1, -0.05) is 38.1 Å². The fraction of sp³-hybridized carbons (Fsp3) is 0.368. The summed E-state index contributed by atoms with van der Waals surface area (Å²) in [4.78, 5) is 0. The minimum absolute atomic E-state index is 0.461. The molecule has 0 spiro atoms. The summed E-state index contributed by atoms with van der Waals surface area (Å²) < 4.78 is 0. The molecule has 2 aromatic carbocycles. The van der Waals surface area contributed by atoms with Gasteiger partial charge in [0.2, 0.25) is 0 Å². The number of rotatable bonds is 6. The monoisotopic (exact) mass is 312 g/mol. The van der Waals surface area contributed by atoms with Crippen LogP contribution in [0.4, 0.5) is 11.4 Å². The number of nitrogens with two attached hydrogens (primary N) is 4. The molecule has 0 saturated carbocycles. The predicted octanol–water partition coefficient (Wildman–Crippen LogP) is 2.48. The zero-order valence-electron chi connectivity index (χ0n) is 14.2. The van der Waals surface area contributed by atoms with Crippen molar-refractivity contribution in [1.29, 1.82) is 0 Å². The van der Waals surface area contributed by atoms with Gasteiger partial charge < -0.3 is 22.9 Å². The molecule has 0 amide bonds. The molecule has 0 unspecified atom stereocenters. The first-order valence-electron chi connectivity index (χ1n) is 8.24. The Balaban J connectivity index is 2.43. The van der Waals surface area contributed by atoms with Crippen LogP contribution in [0.1, 0.15) is 47.2 Å². The summed E-state index contributed by atoms with van der Waals surface area (Å²) in [6.07, 6.45) is 2.64. The van der Waals surface area contributed by atoms with E-state index in [0.717, 1.165) is 52.9 Å². The van der Waals surface area contributed by atoms with Gasteiger partial charge in [0.05, 0.1) is 0 Å². The minimum atomic E-state index is 0.461. The third kappa shape index (κ3) is 3.66. The Morgan fingerprint density at radius 1 is 0.652 bits per heavy atom. The Labute approximate surface area is 138 Å². The van der Waals surface area contributed by atoms with Crippen molar-refractivity contribution in [2.45, 2.75) is 46.2 Å². The van der Waals surface area contributed by atoms with Crippen LogP contribution in [0.3, 0.4) is 0 Å². The van der Waals surface area contributed by atoms with Crippen LogP contribution in [-0.2, 0) is 32.4 Å². The highest BCUT2D eigenvalue weighted by Crippen LogP contribution is 2.25. The number of nitrogen functional groups attached to an aromatic ring is 2. The molecular formula is C19H28N4. The first-order chi connectivity index (χ1) is 11.0. The Hall–Kier alpha value is -2.04. The number of benzene rings is 2. The van der Waals surface area contributed by atoms with Crippen LogP contribution in [0.5, 0.6) is 0 Å². The second-order valence-electron chi connectivity index (χ2n) is 5.95. The van der Waals surface area contributed by atoms with Gasteiger partial charge in [0, 0.05) is 24.5 Å². The minimum Gasteiger partial charge on any atom is -0.398 e. The summed E-state index contributed by atoms with van der Waals surface area (Å²) in [6, 6.07) is 8.58. The number of hydrogen-bond acceptors (Lipinski definition) is 4. The lowest BCUT2D eigenvalue weighted by molar-refractivity contribution is 1.02. The van der Waals surface area contributed by atoms with Crippen LogP contribution >= 0.6 is 0 Å². The number of hydrogen-bond donors (Lipinski definition) is 4. The lowest BCUT2D eigenvalue weighted by Gasteiger charge is -2.15. The van der Waals surface area contributed by atoms with Crippen LogP contribution in [0.25, 0.3) is 0 Å². The molecule has 0 aliphatic rings. The highest BCUT2D eigenvalue weighted by molar-refractivity contribution is 5.58. The van der Waals surface area contributed by atoms with E-state index in [1.165, 1.54) is 11.1 Å². The van der Waals surface area contributed by atoms with E-state index in [-0.39, 0.29) is 0 Å². The van der Waals surface area contributed by atoms with Crippen molar-refractivity contribution >= 4 is 11.4 Å². The number of anilines is 2. The van der Waals surface area contributed by atoms with Crippen LogP contribution in [0, 0.1) is 0 Å². The molecule has 0 radical (unpaired) electrons. The molecule has 124 valence electrons. The summed E-state index contributed by atoms with van der Waals surface area (Å²) in [6.45, 7) is 5.15. The molecule has 0 bridgehead atoms. The van der Waals surface area contributed by atoms with Gasteiger partial charge in [0.15, 0.2) is 0 Å². The average Bonchev–Trinajstić information content (AvgIpc) is 2.57. The Morgan fingerprint density at radius 2 is 1.00 bits per heavy atom. The van der Waals surface area contributed by atoms with E-state index >= 15 is 0 Å². The zero-order valence-corrected chi connectivity index (χ0v) is 14.2. The van der Waals surface area contributed by atoms with E-state index in [0.29, 0.717) is 13.1 Å². The Bertz CT molecular complexity index is 582. The number of aryl methyl sites for hydroxylation is 2. The van der Waals surface area contributed by atoms with Crippen LogP contribution in [0.15, 0.2) is 24.3 Å². The fourth-order valence-corrected chi connectivity index (χ4v) is 3.06. The molecule has 0 aromatic heterocycles. The van der Waals surface area contributed by atoms with Gasteiger partial charge in [-0.05, 0) is 52.6 Å². The van der Waals surface area contributed by atoms with Crippen molar-refractivity contribution in [3.63, 3.8) is 0 Å². The SMILES string of the molecule is CCc1cc(Cc2cc(CC)c(N)c(CN)c2)cc(CN)c1N. The molecule has 23 heavy (non-hydrogen) atoms. The maximum atomic E-state index is 6.16. The summed E-state index contributed by atoms with van der Waals surface area (Å²) in [5, 5.41) is 0. The topological polar surface area (TPSA) is 104 Å². The average molecular weight is 312 g/mol. The predicted molar refractivity (Wildman–Crippen MR) is 99.1 cm³/mol. The van der Waals surface area contributed by atoms with Crippen LogP contribution < -0.4 is 22.9 Å². The third-order valence-electron chi connectivity index (χ3n) is 4.43. The first-order valence-corrected chi connectivity index (χ1v) is 8.24. The van der Waals surface area contributed by atoms with E-state index in [4.69, 9.17) is 22.9 Å². The van der Waals surface area contributed by atoms with Gasteiger partial charge in [0.1, 0.15) is 0 Å². The summed E-state index contributed by atoms with van der Waals surface area (Å²) in [5.74, 6) is 0. The molecule has 0 fully saturated rings. The van der Waals surface area contributed by atoms with E-state index in [2.05, 4.69) is 38.1 Å². The van der Waals surface area contributed by atoms with Gasteiger partial charge in [-0.3, -0.25) is 0 Å². The largest absolute Gasteiger partial charge is 0.398 e. The van der Waals surface area contributed by atoms with Gasteiger partial charge in [-0.2, -0.15) is 0 Å². The molecule has 0 aliphatic heterocycles. The molecule has 0 heterocycles. The van der Waals surface area contributed by atoms with Crippen molar-refractivity contribution in [1.82, 2.24) is 0 Å². The fourth-order valence-electron chi connectivity index (χ4n) is 3.06. The smallest absolute Gasteiger partial charge is 0.0392 e. The highest BCUT2D eigenvalue weighted by atomic mass is 14.6. The van der Waals surface area contributed by atoms with Crippen molar-refractivity contribution in [2.75, 3.05) is 11.5 Å².